The van der Waals surface area contributed by atoms with Crippen molar-refractivity contribution in [2.24, 2.45) is 5.10 Å². The van der Waals surface area contributed by atoms with Crippen LogP contribution < -0.4 is 14.9 Å². The van der Waals surface area contributed by atoms with E-state index in [1.807, 2.05) is 55.5 Å². The number of methoxy groups -OCH3 is 1. The standard InChI is InChI=1S/C25H21BrN2O4/c1-16-6-5-7-17(10-16)15-31-24-20(26)11-18(12-22(24)30-2)14-27-28-25(29)23-13-19-8-3-4-9-21(19)32-23/h3-14H,15H2,1-2H3,(H,28,29)/b27-14+. The van der Waals surface area contributed by atoms with Crippen molar-refractivity contribution in [1.29, 1.82) is 0 Å². The molecule has 0 aliphatic carbocycles. The molecular weight excluding hydrogens is 472 g/mol. The molecule has 0 aliphatic heterocycles. The fourth-order valence-corrected chi connectivity index (χ4v) is 3.80. The normalized spacial score (nSPS) is 11.1. The number of rotatable bonds is 7. The third-order valence-corrected chi connectivity index (χ3v) is 5.34. The van der Waals surface area contributed by atoms with Crippen molar-refractivity contribution in [2.45, 2.75) is 13.5 Å². The fourth-order valence-electron chi connectivity index (χ4n) is 3.23. The molecule has 1 aromatic heterocycles. The molecule has 3 aromatic carbocycles. The van der Waals surface area contributed by atoms with Crippen LogP contribution in [0.15, 0.2) is 80.7 Å². The molecule has 0 saturated carbocycles. The van der Waals surface area contributed by atoms with Crippen molar-refractivity contribution < 1.29 is 18.7 Å². The molecule has 4 aromatic rings. The SMILES string of the molecule is COc1cc(/C=N/NC(=O)c2cc3ccccc3o2)cc(Br)c1OCc1cccc(C)c1. The number of hydrazone groups is 1. The first-order chi connectivity index (χ1) is 15.5. The van der Waals surface area contributed by atoms with E-state index in [4.69, 9.17) is 13.9 Å². The molecule has 162 valence electrons. The van der Waals surface area contributed by atoms with Crippen LogP contribution in [0.4, 0.5) is 0 Å². The van der Waals surface area contributed by atoms with E-state index in [0.29, 0.717) is 23.7 Å². The van der Waals surface area contributed by atoms with Gasteiger partial charge in [-0.25, -0.2) is 5.43 Å². The van der Waals surface area contributed by atoms with Crippen LogP contribution in [0, 0.1) is 6.92 Å². The molecule has 7 heteroatoms. The predicted octanol–water partition coefficient (Wildman–Crippen LogP) is 5.86. The lowest BCUT2D eigenvalue weighted by Crippen LogP contribution is -2.16. The molecule has 6 nitrogen and oxygen atoms in total. The van der Waals surface area contributed by atoms with Crippen molar-refractivity contribution in [2.75, 3.05) is 7.11 Å². The van der Waals surface area contributed by atoms with Gasteiger partial charge < -0.3 is 13.9 Å². The van der Waals surface area contributed by atoms with Gasteiger partial charge in [-0.3, -0.25) is 4.79 Å². The zero-order chi connectivity index (χ0) is 22.5. The van der Waals surface area contributed by atoms with E-state index in [1.165, 1.54) is 11.8 Å². The van der Waals surface area contributed by atoms with Gasteiger partial charge in [-0.1, -0.05) is 48.0 Å². The lowest BCUT2D eigenvalue weighted by molar-refractivity contribution is 0.0929. The smallest absolute Gasteiger partial charge is 0.307 e. The van der Waals surface area contributed by atoms with Gasteiger partial charge in [-0.2, -0.15) is 5.10 Å². The predicted molar refractivity (Wildman–Crippen MR) is 127 cm³/mol. The van der Waals surface area contributed by atoms with Crippen molar-refractivity contribution in [1.82, 2.24) is 5.43 Å². The molecule has 32 heavy (non-hydrogen) atoms. The van der Waals surface area contributed by atoms with Crippen LogP contribution in [0.5, 0.6) is 11.5 Å². The Morgan fingerprint density at radius 2 is 1.97 bits per heavy atom. The highest BCUT2D eigenvalue weighted by Gasteiger charge is 2.13. The van der Waals surface area contributed by atoms with Gasteiger partial charge in [0.1, 0.15) is 12.2 Å². The van der Waals surface area contributed by atoms with Gasteiger partial charge in [0, 0.05) is 5.39 Å². The number of furan rings is 1. The number of fused-ring (bicyclic) bond motifs is 1. The van der Waals surface area contributed by atoms with E-state index in [0.717, 1.165) is 21.0 Å². The Balaban J connectivity index is 1.44. The highest BCUT2D eigenvalue weighted by atomic mass is 79.9. The van der Waals surface area contributed by atoms with Gasteiger partial charge in [0.05, 0.1) is 17.8 Å². The van der Waals surface area contributed by atoms with Gasteiger partial charge in [-0.15, -0.1) is 0 Å². The Hall–Kier alpha value is -3.58. The zero-order valence-corrected chi connectivity index (χ0v) is 19.2. The summed E-state index contributed by atoms with van der Waals surface area (Å²) in [7, 11) is 1.57. The van der Waals surface area contributed by atoms with Crippen LogP contribution in [0.25, 0.3) is 11.0 Å². The second-order valence-electron chi connectivity index (χ2n) is 7.16. The van der Waals surface area contributed by atoms with Crippen LogP contribution in [0.1, 0.15) is 27.2 Å². The molecule has 0 radical (unpaired) electrons. The van der Waals surface area contributed by atoms with Crippen LogP contribution in [0.2, 0.25) is 0 Å². The molecule has 0 spiro atoms. The minimum Gasteiger partial charge on any atom is -0.493 e. The molecule has 0 aliphatic rings. The molecule has 0 bridgehead atoms. The zero-order valence-electron chi connectivity index (χ0n) is 17.6. The summed E-state index contributed by atoms with van der Waals surface area (Å²) < 4.78 is 17.7. The molecule has 0 fully saturated rings. The summed E-state index contributed by atoms with van der Waals surface area (Å²) in [4.78, 5) is 12.3. The first kappa shape index (κ1) is 21.6. The minimum absolute atomic E-state index is 0.196. The van der Waals surface area contributed by atoms with E-state index in [1.54, 1.807) is 19.2 Å². The third-order valence-electron chi connectivity index (χ3n) is 4.75. The number of ether oxygens (including phenoxy) is 2. The monoisotopic (exact) mass is 492 g/mol. The summed E-state index contributed by atoms with van der Waals surface area (Å²) in [6, 6.07) is 20.9. The maximum atomic E-state index is 12.3. The topological polar surface area (TPSA) is 73.1 Å². The Morgan fingerprint density at radius 1 is 1.12 bits per heavy atom. The Kier molecular flexibility index (Phi) is 6.56. The van der Waals surface area contributed by atoms with Crippen molar-refractivity contribution in [3.63, 3.8) is 0 Å². The molecule has 1 N–H and O–H groups in total. The van der Waals surface area contributed by atoms with Crippen molar-refractivity contribution in [3.8, 4) is 11.5 Å². The summed E-state index contributed by atoms with van der Waals surface area (Å²) in [5.74, 6) is 0.915. The number of para-hydroxylation sites is 1. The first-order valence-electron chi connectivity index (χ1n) is 9.91. The van der Waals surface area contributed by atoms with Crippen LogP contribution in [-0.4, -0.2) is 19.2 Å². The number of halogens is 1. The summed E-state index contributed by atoms with van der Waals surface area (Å²) >= 11 is 3.53. The minimum atomic E-state index is -0.429. The third kappa shape index (κ3) is 5.00. The molecular formula is C25H21BrN2O4. The molecule has 0 saturated heterocycles. The van der Waals surface area contributed by atoms with Crippen molar-refractivity contribution in [3.05, 3.63) is 93.7 Å². The van der Waals surface area contributed by atoms with Crippen LogP contribution in [0.3, 0.4) is 0 Å². The van der Waals surface area contributed by atoms with Gasteiger partial charge in [-0.05, 0) is 58.2 Å². The lowest BCUT2D eigenvalue weighted by atomic mass is 10.1. The molecule has 0 atom stereocenters. The summed E-state index contributed by atoms with van der Waals surface area (Å²) in [5, 5.41) is 4.89. The fraction of sp³-hybridized carbons (Fsp3) is 0.120. The largest absolute Gasteiger partial charge is 0.493 e. The molecule has 1 heterocycles. The molecule has 1 amide bonds. The quantitative estimate of drug-likeness (QED) is 0.259. The van der Waals surface area contributed by atoms with E-state index >= 15 is 0 Å². The molecule has 4 rings (SSSR count). The van der Waals surface area contributed by atoms with Crippen LogP contribution >= 0.6 is 15.9 Å². The van der Waals surface area contributed by atoms with Gasteiger partial charge in [0.15, 0.2) is 17.3 Å². The second kappa shape index (κ2) is 9.70. The number of amides is 1. The Morgan fingerprint density at radius 3 is 2.75 bits per heavy atom. The van der Waals surface area contributed by atoms with Crippen LogP contribution in [-0.2, 0) is 6.61 Å². The number of nitrogens with zero attached hydrogens (tertiary/aromatic N) is 1. The maximum absolute atomic E-state index is 12.3. The number of hydrogen-bond acceptors (Lipinski definition) is 5. The van der Waals surface area contributed by atoms with Crippen molar-refractivity contribution >= 4 is 39.0 Å². The molecule has 0 unspecified atom stereocenters. The number of carbonyl (C=O) groups is 1. The Labute approximate surface area is 194 Å². The Bertz CT molecular complexity index is 1260. The number of aryl methyl sites for hydroxylation is 1. The van der Waals surface area contributed by atoms with Gasteiger partial charge in [0.25, 0.3) is 0 Å². The average Bonchev–Trinajstić information content (AvgIpc) is 3.22. The first-order valence-corrected chi connectivity index (χ1v) is 10.7. The summed E-state index contributed by atoms with van der Waals surface area (Å²) in [6.45, 7) is 2.46. The van der Waals surface area contributed by atoms with E-state index < -0.39 is 5.91 Å². The van der Waals surface area contributed by atoms with E-state index in [9.17, 15) is 4.79 Å². The summed E-state index contributed by atoms with van der Waals surface area (Å²) in [6.07, 6.45) is 1.53. The average molecular weight is 493 g/mol. The lowest BCUT2D eigenvalue weighted by Gasteiger charge is -2.13. The number of nitrogens with one attached hydrogen (secondary N) is 1. The van der Waals surface area contributed by atoms with Gasteiger partial charge >= 0.3 is 5.91 Å². The highest BCUT2D eigenvalue weighted by Crippen LogP contribution is 2.37. The number of benzene rings is 3. The van der Waals surface area contributed by atoms with E-state index in [2.05, 4.69) is 32.5 Å². The highest BCUT2D eigenvalue weighted by molar-refractivity contribution is 9.10. The van der Waals surface area contributed by atoms with Gasteiger partial charge in [0.2, 0.25) is 0 Å². The number of hydrogen-bond donors (Lipinski definition) is 1. The summed E-state index contributed by atoms with van der Waals surface area (Å²) in [5.41, 5.74) is 6.10. The second-order valence-corrected chi connectivity index (χ2v) is 8.01. The number of carbonyl (C=O) groups excluding carboxylic acids is 1. The van der Waals surface area contributed by atoms with E-state index in [-0.39, 0.29) is 5.76 Å². The maximum Gasteiger partial charge on any atom is 0.307 e.